The van der Waals surface area contributed by atoms with Crippen molar-refractivity contribution in [2.45, 2.75) is 26.3 Å². The first-order valence-corrected chi connectivity index (χ1v) is 10.9. The van der Waals surface area contributed by atoms with Gasteiger partial charge >= 0.3 is 0 Å². The van der Waals surface area contributed by atoms with Gasteiger partial charge in [0.2, 0.25) is 5.78 Å². The highest BCUT2D eigenvalue weighted by molar-refractivity contribution is 6.31. The Hall–Kier alpha value is -3.12. The minimum atomic E-state index is -0.153. The first kappa shape index (κ1) is 19.8. The molecule has 0 spiro atoms. The number of hydrogen-bond donors (Lipinski definition) is 0. The predicted molar refractivity (Wildman–Crippen MR) is 122 cm³/mol. The van der Waals surface area contributed by atoms with Crippen molar-refractivity contribution in [1.29, 1.82) is 0 Å². The molecule has 2 aromatic carbocycles. The monoisotopic (exact) mass is 434 g/mol. The number of halogens is 1. The van der Waals surface area contributed by atoms with Crippen molar-refractivity contribution in [1.82, 2.24) is 18.9 Å². The van der Waals surface area contributed by atoms with Crippen LogP contribution >= 0.6 is 11.6 Å². The van der Waals surface area contributed by atoms with Gasteiger partial charge in [-0.25, -0.2) is 4.98 Å². The number of likely N-dealkylation sites (tertiary alicyclic amines) is 1. The maximum Gasteiger partial charge on any atom is 0.274 e. The highest BCUT2D eigenvalue weighted by Crippen LogP contribution is 2.21. The number of hydrogen-bond acceptors (Lipinski definition) is 3. The zero-order valence-electron chi connectivity index (χ0n) is 17.3. The first-order chi connectivity index (χ1) is 15.0. The van der Waals surface area contributed by atoms with Gasteiger partial charge in [-0.3, -0.25) is 18.6 Å². The lowest BCUT2D eigenvalue weighted by Crippen LogP contribution is -2.38. The standard InChI is InChI=1S/C24H23ClN4O2/c1-16-10-12-27(13-11-16)23(31)20-15-28-21-9-5-3-7-18(21)22(30)29(24(28)26-20)14-17-6-2-4-8-19(17)25/h2-9,15-16H,10-14H2,1H3. The average Bonchev–Trinajstić information content (AvgIpc) is 3.23. The summed E-state index contributed by atoms with van der Waals surface area (Å²) >= 11 is 6.36. The number of para-hydroxylation sites is 1. The van der Waals surface area contributed by atoms with E-state index < -0.39 is 0 Å². The van der Waals surface area contributed by atoms with E-state index in [2.05, 4.69) is 11.9 Å². The Kier molecular flexibility index (Phi) is 5.02. The van der Waals surface area contributed by atoms with Gasteiger partial charge in [-0.05, 0) is 42.5 Å². The van der Waals surface area contributed by atoms with Crippen molar-refractivity contribution in [3.8, 4) is 0 Å². The molecule has 5 rings (SSSR count). The maximum absolute atomic E-state index is 13.3. The number of carbonyl (C=O) groups excluding carboxylic acids is 1. The van der Waals surface area contributed by atoms with Gasteiger partial charge in [-0.1, -0.05) is 48.9 Å². The molecule has 4 aromatic rings. The van der Waals surface area contributed by atoms with Crippen LogP contribution in [0.15, 0.2) is 59.5 Å². The van der Waals surface area contributed by atoms with Crippen molar-refractivity contribution in [3.63, 3.8) is 0 Å². The molecule has 0 bridgehead atoms. The number of amides is 1. The van der Waals surface area contributed by atoms with Gasteiger partial charge in [0, 0.05) is 24.3 Å². The number of rotatable bonds is 3. The number of piperidine rings is 1. The Bertz CT molecular complexity index is 1350. The molecule has 158 valence electrons. The zero-order valence-corrected chi connectivity index (χ0v) is 18.0. The van der Waals surface area contributed by atoms with E-state index in [0.29, 0.717) is 27.8 Å². The summed E-state index contributed by atoms with van der Waals surface area (Å²) in [6.45, 7) is 3.97. The minimum absolute atomic E-state index is 0.0866. The molecule has 0 unspecified atom stereocenters. The molecule has 7 heteroatoms. The van der Waals surface area contributed by atoms with Crippen LogP contribution in [0.2, 0.25) is 5.02 Å². The lowest BCUT2D eigenvalue weighted by Gasteiger charge is -2.29. The second kappa shape index (κ2) is 7.85. The summed E-state index contributed by atoms with van der Waals surface area (Å²) < 4.78 is 3.44. The Morgan fingerprint density at radius 2 is 1.81 bits per heavy atom. The van der Waals surface area contributed by atoms with Gasteiger partial charge in [0.25, 0.3) is 11.5 Å². The van der Waals surface area contributed by atoms with Crippen LogP contribution < -0.4 is 5.56 Å². The molecule has 1 fully saturated rings. The summed E-state index contributed by atoms with van der Waals surface area (Å²) in [6, 6.07) is 14.8. The normalized spacial score (nSPS) is 15.1. The summed E-state index contributed by atoms with van der Waals surface area (Å²) in [5.41, 5.74) is 1.76. The maximum atomic E-state index is 13.3. The Morgan fingerprint density at radius 1 is 1.10 bits per heavy atom. The summed E-state index contributed by atoms with van der Waals surface area (Å²) in [7, 11) is 0. The first-order valence-electron chi connectivity index (χ1n) is 10.6. The zero-order chi connectivity index (χ0) is 21.5. The second-order valence-electron chi connectivity index (χ2n) is 8.27. The third-order valence-corrected chi connectivity index (χ3v) is 6.51. The van der Waals surface area contributed by atoms with Gasteiger partial charge < -0.3 is 4.90 Å². The Labute approximate surface area is 184 Å². The van der Waals surface area contributed by atoms with E-state index in [1.807, 2.05) is 45.7 Å². The van der Waals surface area contributed by atoms with Crippen molar-refractivity contribution < 1.29 is 4.79 Å². The molecule has 0 saturated carbocycles. The van der Waals surface area contributed by atoms with Crippen LogP contribution in [0.3, 0.4) is 0 Å². The van der Waals surface area contributed by atoms with Crippen molar-refractivity contribution >= 4 is 34.2 Å². The summed E-state index contributed by atoms with van der Waals surface area (Å²) in [4.78, 5) is 33.0. The Balaban J connectivity index is 1.67. The summed E-state index contributed by atoms with van der Waals surface area (Å²) in [5.74, 6) is 0.989. The predicted octanol–water partition coefficient (Wildman–Crippen LogP) is 4.22. The molecular formula is C24H23ClN4O2. The summed E-state index contributed by atoms with van der Waals surface area (Å²) in [6.07, 6.45) is 3.75. The van der Waals surface area contributed by atoms with Gasteiger partial charge in [0.05, 0.1) is 17.4 Å². The van der Waals surface area contributed by atoms with E-state index in [-0.39, 0.29) is 18.0 Å². The number of fused-ring (bicyclic) bond motifs is 3. The molecule has 31 heavy (non-hydrogen) atoms. The van der Waals surface area contributed by atoms with E-state index in [0.717, 1.165) is 37.0 Å². The lowest BCUT2D eigenvalue weighted by atomic mass is 9.99. The van der Waals surface area contributed by atoms with Crippen molar-refractivity contribution in [3.05, 3.63) is 81.4 Å². The molecule has 1 amide bonds. The van der Waals surface area contributed by atoms with E-state index in [4.69, 9.17) is 11.6 Å². The number of carbonyl (C=O) groups is 1. The summed E-state index contributed by atoms with van der Waals surface area (Å²) in [5, 5.41) is 1.16. The molecule has 2 aromatic heterocycles. The minimum Gasteiger partial charge on any atom is -0.337 e. The average molecular weight is 435 g/mol. The van der Waals surface area contributed by atoms with Gasteiger partial charge in [0.15, 0.2) is 0 Å². The third-order valence-electron chi connectivity index (χ3n) is 6.14. The van der Waals surface area contributed by atoms with E-state index in [1.165, 1.54) is 0 Å². The second-order valence-corrected chi connectivity index (χ2v) is 8.68. The van der Waals surface area contributed by atoms with E-state index in [9.17, 15) is 9.59 Å². The molecule has 1 saturated heterocycles. The van der Waals surface area contributed by atoms with Crippen molar-refractivity contribution in [2.24, 2.45) is 5.92 Å². The quantitative estimate of drug-likeness (QED) is 0.485. The van der Waals surface area contributed by atoms with Gasteiger partial charge in [0.1, 0.15) is 5.69 Å². The molecule has 1 aliphatic heterocycles. The van der Waals surface area contributed by atoms with Crippen LogP contribution in [-0.4, -0.2) is 37.8 Å². The largest absolute Gasteiger partial charge is 0.337 e. The fourth-order valence-corrected chi connectivity index (χ4v) is 4.45. The fourth-order valence-electron chi connectivity index (χ4n) is 4.26. The topological polar surface area (TPSA) is 59.6 Å². The van der Waals surface area contributed by atoms with Crippen molar-refractivity contribution in [2.75, 3.05) is 13.1 Å². The van der Waals surface area contributed by atoms with Crippen LogP contribution in [0, 0.1) is 5.92 Å². The van der Waals surface area contributed by atoms with Crippen LogP contribution in [0.1, 0.15) is 35.8 Å². The van der Waals surface area contributed by atoms with Crippen LogP contribution in [0.4, 0.5) is 0 Å². The SMILES string of the molecule is CC1CCN(C(=O)c2cn3c4ccccc4c(=O)n(Cc4ccccc4Cl)c3n2)CC1. The van der Waals surface area contributed by atoms with Crippen LogP contribution in [-0.2, 0) is 6.54 Å². The van der Waals surface area contributed by atoms with E-state index >= 15 is 0 Å². The van der Waals surface area contributed by atoms with Crippen LogP contribution in [0.5, 0.6) is 0 Å². The fraction of sp³-hybridized carbons (Fsp3) is 0.292. The number of nitrogens with zero attached hydrogens (tertiary/aromatic N) is 4. The molecule has 0 aliphatic carbocycles. The van der Waals surface area contributed by atoms with E-state index in [1.54, 1.807) is 22.9 Å². The molecule has 0 N–H and O–H groups in total. The van der Waals surface area contributed by atoms with Crippen LogP contribution in [0.25, 0.3) is 16.7 Å². The number of benzene rings is 2. The Morgan fingerprint density at radius 3 is 2.58 bits per heavy atom. The molecule has 1 aliphatic rings. The molecule has 6 nitrogen and oxygen atoms in total. The highest BCUT2D eigenvalue weighted by Gasteiger charge is 2.25. The highest BCUT2D eigenvalue weighted by atomic mass is 35.5. The third kappa shape index (κ3) is 3.51. The van der Waals surface area contributed by atoms with Gasteiger partial charge in [-0.15, -0.1) is 0 Å². The lowest BCUT2D eigenvalue weighted by molar-refractivity contribution is 0.0692. The smallest absolute Gasteiger partial charge is 0.274 e. The van der Waals surface area contributed by atoms with Gasteiger partial charge in [-0.2, -0.15) is 0 Å². The number of aromatic nitrogens is 3. The molecule has 0 atom stereocenters. The molecule has 0 radical (unpaired) electrons. The molecular weight excluding hydrogens is 412 g/mol. The molecule has 3 heterocycles. The number of imidazole rings is 1.